The monoisotopic (exact) mass is 420 g/mol. The van der Waals surface area contributed by atoms with Gasteiger partial charge in [-0.2, -0.15) is 13.2 Å². The normalized spacial score (nSPS) is 11.4. The molecular formula is C20H19F3N4OS. The van der Waals surface area contributed by atoms with E-state index in [4.69, 9.17) is 0 Å². The molecule has 0 fully saturated rings. The highest BCUT2D eigenvalue weighted by Crippen LogP contribution is 2.37. The number of aromatic nitrogens is 2. The largest absolute Gasteiger partial charge is 0.418 e. The van der Waals surface area contributed by atoms with Gasteiger partial charge in [-0.15, -0.1) is 0 Å². The number of hydrogen-bond donors (Lipinski definition) is 1. The lowest BCUT2D eigenvalue weighted by Crippen LogP contribution is -2.18. The topological polar surface area (TPSA) is 50.2 Å². The van der Waals surface area contributed by atoms with Gasteiger partial charge in [-0.25, -0.2) is 4.98 Å². The molecule has 9 heteroatoms. The van der Waals surface area contributed by atoms with Crippen LogP contribution in [0.4, 0.5) is 24.5 Å². The lowest BCUT2D eigenvalue weighted by molar-refractivity contribution is -0.136. The van der Waals surface area contributed by atoms with Gasteiger partial charge >= 0.3 is 6.18 Å². The number of carbonyl (C=O) groups excluding carboxylic acids is 1. The first-order valence-electron chi connectivity index (χ1n) is 8.58. The minimum absolute atomic E-state index is 0.244. The van der Waals surface area contributed by atoms with E-state index in [-0.39, 0.29) is 11.3 Å². The number of carbonyl (C=O) groups is 1. The molecule has 1 heterocycles. The van der Waals surface area contributed by atoms with Gasteiger partial charge in [0.2, 0.25) is 0 Å². The summed E-state index contributed by atoms with van der Waals surface area (Å²) in [5, 5.41) is 3.13. The molecule has 2 aromatic carbocycles. The number of amides is 1. The quantitative estimate of drug-likeness (QED) is 0.595. The van der Waals surface area contributed by atoms with Crippen molar-refractivity contribution in [3.8, 4) is 5.69 Å². The Kier molecular flexibility index (Phi) is 5.88. The third-order valence-corrected chi connectivity index (χ3v) is 4.92. The Hall–Kier alpha value is -2.94. The molecule has 0 spiro atoms. The predicted octanol–water partition coefficient (Wildman–Crippen LogP) is 4.93. The first-order valence-corrected chi connectivity index (χ1v) is 9.81. The molecule has 3 rings (SSSR count). The van der Waals surface area contributed by atoms with E-state index in [1.807, 2.05) is 6.26 Å². The predicted molar refractivity (Wildman–Crippen MR) is 109 cm³/mol. The maximum Gasteiger partial charge on any atom is 0.418 e. The molecule has 0 aliphatic rings. The Morgan fingerprint density at radius 1 is 1.17 bits per heavy atom. The summed E-state index contributed by atoms with van der Waals surface area (Å²) >= 11 is 1.44. The summed E-state index contributed by atoms with van der Waals surface area (Å²) in [6.45, 7) is 0. The summed E-state index contributed by atoms with van der Waals surface area (Å²) in [5.41, 5.74) is 0.145. The molecule has 29 heavy (non-hydrogen) atoms. The van der Waals surface area contributed by atoms with Crippen molar-refractivity contribution >= 4 is 29.0 Å². The fourth-order valence-corrected chi connectivity index (χ4v) is 3.31. The lowest BCUT2D eigenvalue weighted by Gasteiger charge is -2.19. The van der Waals surface area contributed by atoms with Crippen LogP contribution in [0.15, 0.2) is 60.0 Å². The number of rotatable bonds is 5. The summed E-state index contributed by atoms with van der Waals surface area (Å²) < 4.78 is 42.3. The third-order valence-electron chi connectivity index (χ3n) is 4.25. The Balaban J connectivity index is 1.92. The molecule has 1 aromatic heterocycles. The Morgan fingerprint density at radius 3 is 2.59 bits per heavy atom. The van der Waals surface area contributed by atoms with Gasteiger partial charge in [0.05, 0.1) is 11.3 Å². The maximum atomic E-state index is 13.5. The Labute approximate surface area is 170 Å². The summed E-state index contributed by atoms with van der Waals surface area (Å²) in [6.07, 6.45) is 0.678. The number of nitrogens with one attached hydrogen (secondary N) is 1. The summed E-state index contributed by atoms with van der Waals surface area (Å²) in [5.74, 6) is -0.624. The zero-order chi connectivity index (χ0) is 21.2. The fourth-order valence-electron chi connectivity index (χ4n) is 2.78. The molecule has 1 N–H and O–H groups in total. The van der Waals surface area contributed by atoms with E-state index in [2.05, 4.69) is 10.3 Å². The number of hydrogen-bond acceptors (Lipinski definition) is 4. The van der Waals surface area contributed by atoms with Gasteiger partial charge in [0.25, 0.3) is 5.91 Å². The second-order valence-electron chi connectivity index (χ2n) is 6.41. The highest BCUT2D eigenvalue weighted by Gasteiger charge is 2.34. The van der Waals surface area contributed by atoms with Gasteiger partial charge in [0.1, 0.15) is 0 Å². The molecule has 3 aromatic rings. The highest BCUT2D eigenvalue weighted by molar-refractivity contribution is 7.98. The lowest BCUT2D eigenvalue weighted by atomic mass is 10.1. The van der Waals surface area contributed by atoms with Crippen LogP contribution < -0.4 is 10.2 Å². The molecule has 0 saturated heterocycles. The molecule has 0 bridgehead atoms. The molecule has 0 aliphatic carbocycles. The Bertz CT molecular complexity index is 1030. The van der Waals surface area contributed by atoms with Crippen LogP contribution in [0.5, 0.6) is 0 Å². The molecule has 5 nitrogen and oxygen atoms in total. The van der Waals surface area contributed by atoms with Gasteiger partial charge in [0.15, 0.2) is 5.16 Å². The zero-order valence-electron chi connectivity index (χ0n) is 16.0. The van der Waals surface area contributed by atoms with Crippen molar-refractivity contribution in [2.24, 2.45) is 0 Å². The van der Waals surface area contributed by atoms with Crippen LogP contribution >= 0.6 is 11.8 Å². The summed E-state index contributed by atoms with van der Waals surface area (Å²) in [4.78, 5) is 18.4. The van der Waals surface area contributed by atoms with E-state index < -0.39 is 17.6 Å². The van der Waals surface area contributed by atoms with Crippen LogP contribution in [0.25, 0.3) is 5.69 Å². The number of halogens is 3. The van der Waals surface area contributed by atoms with Gasteiger partial charge < -0.3 is 10.2 Å². The molecule has 1 amide bonds. The SMILES string of the molecule is CSc1nccn1-c1cccc(C(=O)Nc2ccc(N(C)C)cc2C(F)(F)F)c1. The first-order chi connectivity index (χ1) is 13.7. The Morgan fingerprint density at radius 2 is 1.93 bits per heavy atom. The number of alkyl halides is 3. The van der Waals surface area contributed by atoms with Crippen molar-refractivity contribution in [3.63, 3.8) is 0 Å². The zero-order valence-corrected chi connectivity index (χ0v) is 16.8. The highest BCUT2D eigenvalue weighted by atomic mass is 32.2. The van der Waals surface area contributed by atoms with Gasteiger partial charge in [-0.3, -0.25) is 9.36 Å². The second kappa shape index (κ2) is 8.20. The standard InChI is InChI=1S/C20H19F3N4OS/c1-26(2)14-7-8-17(16(12-14)20(21,22)23)25-18(28)13-5-4-6-15(11-13)27-10-9-24-19(27)29-3/h4-12H,1-3H3,(H,25,28). The minimum Gasteiger partial charge on any atom is -0.378 e. The number of nitrogens with zero attached hydrogens (tertiary/aromatic N) is 3. The van der Waals surface area contributed by atoms with Crippen LogP contribution in [0.1, 0.15) is 15.9 Å². The van der Waals surface area contributed by atoms with Crippen molar-refractivity contribution in [1.82, 2.24) is 9.55 Å². The van der Waals surface area contributed by atoms with Crippen molar-refractivity contribution in [3.05, 3.63) is 66.0 Å². The van der Waals surface area contributed by atoms with E-state index in [1.54, 1.807) is 60.2 Å². The van der Waals surface area contributed by atoms with Gasteiger partial charge in [-0.05, 0) is 42.7 Å². The van der Waals surface area contributed by atoms with E-state index in [0.717, 1.165) is 11.2 Å². The second-order valence-corrected chi connectivity index (χ2v) is 7.18. The molecule has 0 atom stereocenters. The molecule has 0 unspecified atom stereocenters. The number of anilines is 2. The molecule has 0 saturated carbocycles. The van der Waals surface area contributed by atoms with Crippen LogP contribution in [0.3, 0.4) is 0 Å². The van der Waals surface area contributed by atoms with E-state index in [9.17, 15) is 18.0 Å². The molecule has 0 radical (unpaired) electrons. The van der Waals surface area contributed by atoms with Gasteiger partial charge in [-0.1, -0.05) is 17.8 Å². The third kappa shape index (κ3) is 4.56. The van der Waals surface area contributed by atoms with Crippen molar-refractivity contribution in [1.29, 1.82) is 0 Å². The molecule has 152 valence electrons. The maximum absolute atomic E-state index is 13.5. The first kappa shape index (κ1) is 20.8. The smallest absolute Gasteiger partial charge is 0.378 e. The van der Waals surface area contributed by atoms with Crippen molar-refractivity contribution in [2.45, 2.75) is 11.3 Å². The minimum atomic E-state index is -4.60. The van der Waals surface area contributed by atoms with Crippen molar-refractivity contribution in [2.75, 3.05) is 30.6 Å². The molecular weight excluding hydrogens is 401 g/mol. The number of imidazole rings is 1. The average Bonchev–Trinajstić information content (AvgIpc) is 3.16. The number of thioether (sulfide) groups is 1. The number of benzene rings is 2. The van der Waals surface area contributed by atoms with E-state index >= 15 is 0 Å². The summed E-state index contributed by atoms with van der Waals surface area (Å²) in [6, 6.07) is 10.4. The van der Waals surface area contributed by atoms with Gasteiger partial charge in [0, 0.05) is 43.4 Å². The van der Waals surface area contributed by atoms with Crippen LogP contribution in [0, 0.1) is 0 Å². The van der Waals surface area contributed by atoms with E-state index in [1.165, 1.54) is 23.9 Å². The summed E-state index contributed by atoms with van der Waals surface area (Å²) in [7, 11) is 3.30. The van der Waals surface area contributed by atoms with Crippen molar-refractivity contribution < 1.29 is 18.0 Å². The van der Waals surface area contributed by atoms with Crippen LogP contribution in [0.2, 0.25) is 0 Å². The average molecular weight is 420 g/mol. The van der Waals surface area contributed by atoms with Crippen LogP contribution in [-0.4, -0.2) is 35.8 Å². The van der Waals surface area contributed by atoms with E-state index in [0.29, 0.717) is 11.4 Å². The fraction of sp³-hybridized carbons (Fsp3) is 0.200. The van der Waals surface area contributed by atoms with Crippen LogP contribution in [-0.2, 0) is 6.18 Å². The molecule has 0 aliphatic heterocycles.